The van der Waals surface area contributed by atoms with Crippen molar-refractivity contribution in [3.63, 3.8) is 0 Å². The molecule has 0 N–H and O–H groups in total. The molecule has 1 unspecified atom stereocenters. The van der Waals surface area contributed by atoms with E-state index in [9.17, 15) is 4.79 Å². The van der Waals surface area contributed by atoms with Crippen LogP contribution in [0.4, 0.5) is 0 Å². The van der Waals surface area contributed by atoms with Gasteiger partial charge in [-0.1, -0.05) is 0 Å². The SMILES string of the molecule is Cl.O=C1CCOCC1CN1CCOCC1. The van der Waals surface area contributed by atoms with Crippen molar-refractivity contribution in [2.45, 2.75) is 6.42 Å². The molecule has 1 atom stereocenters. The van der Waals surface area contributed by atoms with Crippen LogP contribution in [0.5, 0.6) is 0 Å². The van der Waals surface area contributed by atoms with Gasteiger partial charge in [-0.15, -0.1) is 12.4 Å². The van der Waals surface area contributed by atoms with Crippen molar-refractivity contribution in [1.82, 2.24) is 4.90 Å². The molecule has 0 aromatic carbocycles. The van der Waals surface area contributed by atoms with Crippen LogP contribution in [0, 0.1) is 5.92 Å². The van der Waals surface area contributed by atoms with Gasteiger partial charge in [0.05, 0.1) is 32.3 Å². The molecule has 0 spiro atoms. The molecule has 0 aromatic heterocycles. The average Bonchev–Trinajstić information content (AvgIpc) is 2.23. The van der Waals surface area contributed by atoms with Crippen LogP contribution in [0.3, 0.4) is 0 Å². The van der Waals surface area contributed by atoms with Crippen molar-refractivity contribution in [2.24, 2.45) is 5.92 Å². The number of halogens is 1. The van der Waals surface area contributed by atoms with Crippen molar-refractivity contribution in [1.29, 1.82) is 0 Å². The quantitative estimate of drug-likeness (QED) is 0.692. The molecule has 4 nitrogen and oxygen atoms in total. The van der Waals surface area contributed by atoms with Gasteiger partial charge in [-0.05, 0) is 0 Å². The molecule has 2 aliphatic heterocycles. The summed E-state index contributed by atoms with van der Waals surface area (Å²) in [6, 6.07) is 0. The maximum absolute atomic E-state index is 11.5. The smallest absolute Gasteiger partial charge is 0.141 e. The normalized spacial score (nSPS) is 28.5. The summed E-state index contributed by atoms with van der Waals surface area (Å²) in [4.78, 5) is 13.8. The molecule has 2 heterocycles. The fraction of sp³-hybridized carbons (Fsp3) is 0.900. The van der Waals surface area contributed by atoms with Crippen LogP contribution in [-0.4, -0.2) is 56.7 Å². The number of hydrogen-bond donors (Lipinski definition) is 0. The maximum Gasteiger partial charge on any atom is 0.141 e. The minimum absolute atomic E-state index is 0. The minimum atomic E-state index is 0. The summed E-state index contributed by atoms with van der Waals surface area (Å²) < 4.78 is 10.6. The molecule has 2 rings (SSSR count). The Hall–Kier alpha value is -0.160. The molecular weight excluding hydrogens is 218 g/mol. The second-order valence-electron chi connectivity index (χ2n) is 3.90. The van der Waals surface area contributed by atoms with Crippen LogP contribution < -0.4 is 0 Å². The molecule has 0 aromatic rings. The van der Waals surface area contributed by atoms with E-state index in [1.807, 2.05) is 0 Å². The van der Waals surface area contributed by atoms with E-state index in [0.29, 0.717) is 25.4 Å². The van der Waals surface area contributed by atoms with Crippen LogP contribution in [0.1, 0.15) is 6.42 Å². The lowest BCUT2D eigenvalue weighted by molar-refractivity contribution is -0.131. The van der Waals surface area contributed by atoms with Crippen LogP contribution in [0.15, 0.2) is 0 Å². The van der Waals surface area contributed by atoms with Crippen molar-refractivity contribution in [3.05, 3.63) is 0 Å². The van der Waals surface area contributed by atoms with Gasteiger partial charge >= 0.3 is 0 Å². The van der Waals surface area contributed by atoms with Crippen LogP contribution in [0.25, 0.3) is 0 Å². The summed E-state index contributed by atoms with van der Waals surface area (Å²) in [5.41, 5.74) is 0. The Morgan fingerprint density at radius 1 is 1.20 bits per heavy atom. The summed E-state index contributed by atoms with van der Waals surface area (Å²) in [5, 5.41) is 0. The lowest BCUT2D eigenvalue weighted by atomic mass is 10.00. The Balaban J connectivity index is 0.00000112. The highest BCUT2D eigenvalue weighted by Gasteiger charge is 2.25. The van der Waals surface area contributed by atoms with E-state index in [1.54, 1.807) is 0 Å². The molecule has 0 bridgehead atoms. The number of hydrogen-bond acceptors (Lipinski definition) is 4. The zero-order valence-electron chi connectivity index (χ0n) is 8.81. The third-order valence-electron chi connectivity index (χ3n) is 2.85. The Labute approximate surface area is 96.3 Å². The van der Waals surface area contributed by atoms with E-state index in [-0.39, 0.29) is 18.3 Å². The fourth-order valence-corrected chi connectivity index (χ4v) is 1.95. The first-order valence-corrected chi connectivity index (χ1v) is 5.27. The highest BCUT2D eigenvalue weighted by Crippen LogP contribution is 2.12. The van der Waals surface area contributed by atoms with Gasteiger partial charge in [-0.2, -0.15) is 0 Å². The number of ether oxygens (including phenoxy) is 2. The van der Waals surface area contributed by atoms with E-state index < -0.39 is 0 Å². The lowest BCUT2D eigenvalue weighted by Crippen LogP contribution is -2.43. The van der Waals surface area contributed by atoms with E-state index in [2.05, 4.69) is 4.90 Å². The topological polar surface area (TPSA) is 38.8 Å². The monoisotopic (exact) mass is 235 g/mol. The van der Waals surface area contributed by atoms with Gasteiger partial charge < -0.3 is 9.47 Å². The van der Waals surface area contributed by atoms with Crippen molar-refractivity contribution in [2.75, 3.05) is 46.1 Å². The van der Waals surface area contributed by atoms with E-state index >= 15 is 0 Å². The van der Waals surface area contributed by atoms with Crippen LogP contribution in [0.2, 0.25) is 0 Å². The molecule has 2 saturated heterocycles. The van der Waals surface area contributed by atoms with Gasteiger partial charge in [0.15, 0.2) is 0 Å². The first-order chi connectivity index (χ1) is 6.86. The molecule has 0 radical (unpaired) electrons. The second kappa shape index (κ2) is 6.43. The Bertz CT molecular complexity index is 207. The molecule has 0 aliphatic carbocycles. The molecule has 0 amide bonds. The highest BCUT2D eigenvalue weighted by atomic mass is 35.5. The highest BCUT2D eigenvalue weighted by molar-refractivity contribution is 5.85. The number of rotatable bonds is 2. The van der Waals surface area contributed by atoms with Gasteiger partial charge in [0.25, 0.3) is 0 Å². The van der Waals surface area contributed by atoms with Crippen molar-refractivity contribution < 1.29 is 14.3 Å². The van der Waals surface area contributed by atoms with Crippen molar-refractivity contribution in [3.8, 4) is 0 Å². The van der Waals surface area contributed by atoms with Gasteiger partial charge in [-0.25, -0.2) is 0 Å². The largest absolute Gasteiger partial charge is 0.380 e. The number of carbonyl (C=O) groups excluding carboxylic acids is 1. The summed E-state index contributed by atoms with van der Waals surface area (Å²) in [6.45, 7) is 5.55. The second-order valence-corrected chi connectivity index (χ2v) is 3.90. The summed E-state index contributed by atoms with van der Waals surface area (Å²) in [5.74, 6) is 0.463. The zero-order valence-corrected chi connectivity index (χ0v) is 9.63. The van der Waals surface area contributed by atoms with Gasteiger partial charge in [0, 0.05) is 26.1 Å². The molecular formula is C10H18ClNO3. The molecule has 88 valence electrons. The maximum atomic E-state index is 11.5. The van der Waals surface area contributed by atoms with Crippen molar-refractivity contribution >= 4 is 18.2 Å². The number of morpholine rings is 1. The van der Waals surface area contributed by atoms with Gasteiger partial charge in [0.2, 0.25) is 0 Å². The fourth-order valence-electron chi connectivity index (χ4n) is 1.95. The molecule has 2 aliphatic rings. The molecule has 5 heteroatoms. The first kappa shape index (κ1) is 12.9. The summed E-state index contributed by atoms with van der Waals surface area (Å²) in [6.07, 6.45) is 0.592. The number of nitrogens with zero attached hydrogens (tertiary/aromatic N) is 1. The predicted octanol–water partition coefficient (Wildman–Crippen LogP) is 0.346. The van der Waals surface area contributed by atoms with E-state index in [4.69, 9.17) is 9.47 Å². The van der Waals surface area contributed by atoms with Gasteiger partial charge in [-0.3, -0.25) is 9.69 Å². The number of Topliss-reactive ketones (excluding diaryl/α,β-unsaturated/α-hetero) is 1. The third kappa shape index (κ3) is 3.72. The first-order valence-electron chi connectivity index (χ1n) is 5.27. The van der Waals surface area contributed by atoms with E-state index in [1.165, 1.54) is 0 Å². The number of carbonyl (C=O) groups is 1. The standard InChI is InChI=1S/C10H17NO3.ClH/c12-10-1-4-14-8-9(10)7-11-2-5-13-6-3-11;/h9H,1-8H2;1H. The summed E-state index contributed by atoms with van der Waals surface area (Å²) in [7, 11) is 0. The Morgan fingerprint density at radius 3 is 2.60 bits per heavy atom. The summed E-state index contributed by atoms with van der Waals surface area (Å²) >= 11 is 0. The van der Waals surface area contributed by atoms with E-state index in [0.717, 1.165) is 32.8 Å². The number of ketones is 1. The third-order valence-corrected chi connectivity index (χ3v) is 2.85. The molecule has 0 saturated carbocycles. The minimum Gasteiger partial charge on any atom is -0.380 e. The van der Waals surface area contributed by atoms with Crippen LogP contribution in [-0.2, 0) is 14.3 Å². The lowest BCUT2D eigenvalue weighted by Gasteiger charge is -2.31. The van der Waals surface area contributed by atoms with Crippen LogP contribution >= 0.6 is 12.4 Å². The Kier molecular flexibility index (Phi) is 5.53. The predicted molar refractivity (Wildman–Crippen MR) is 58.4 cm³/mol. The molecule has 15 heavy (non-hydrogen) atoms. The van der Waals surface area contributed by atoms with Gasteiger partial charge in [0.1, 0.15) is 5.78 Å². The average molecular weight is 236 g/mol. The zero-order chi connectivity index (χ0) is 9.80. The Morgan fingerprint density at radius 2 is 1.93 bits per heavy atom. The molecule has 2 fully saturated rings.